The van der Waals surface area contributed by atoms with Gasteiger partial charge in [-0.2, -0.15) is 0 Å². The molecule has 0 saturated heterocycles. The highest BCUT2D eigenvalue weighted by molar-refractivity contribution is 7.17. The van der Waals surface area contributed by atoms with Crippen molar-refractivity contribution < 1.29 is 13.8 Å². The summed E-state index contributed by atoms with van der Waals surface area (Å²) in [6.07, 6.45) is 6.83. The molecule has 1 unspecified atom stereocenters. The molecule has 4 bridgehead atoms. The van der Waals surface area contributed by atoms with E-state index >= 15 is 0 Å². The molecule has 0 amide bonds. The molecule has 0 aromatic heterocycles. The largest absolute Gasteiger partial charge is 0.496 e. The van der Waals surface area contributed by atoms with Crippen molar-refractivity contribution in [1.82, 2.24) is 0 Å². The van der Waals surface area contributed by atoms with Crippen molar-refractivity contribution in [1.29, 1.82) is 0 Å². The van der Waals surface area contributed by atoms with Gasteiger partial charge in [0.1, 0.15) is 11.5 Å². The summed E-state index contributed by atoms with van der Waals surface area (Å²) in [5.41, 5.74) is 2.61. The zero-order valence-electron chi connectivity index (χ0n) is 13.0. The highest BCUT2D eigenvalue weighted by Gasteiger charge is 2.46. The molecule has 5 rings (SSSR count). The molecule has 0 spiro atoms. The standard InChI is InChI=1S/C18H23O3P/c1-20-18(13-3-2-4-16(10-13)21-22-19)17-14-6-11-5-12(8-14)9-15(17)7-11/h2-4,10-12,14-15H,5-9,22H2,1H3. The first-order valence-corrected chi connectivity index (χ1v) is 9.21. The van der Waals surface area contributed by atoms with E-state index in [0.29, 0.717) is 17.6 Å². The maximum absolute atomic E-state index is 10.8. The minimum Gasteiger partial charge on any atom is -0.496 e. The molecular weight excluding hydrogens is 295 g/mol. The summed E-state index contributed by atoms with van der Waals surface area (Å²) in [4.78, 5) is 0. The van der Waals surface area contributed by atoms with Crippen molar-refractivity contribution in [3.8, 4) is 5.75 Å². The molecule has 0 N–H and O–H groups in total. The van der Waals surface area contributed by atoms with Gasteiger partial charge in [-0.1, -0.05) is 12.1 Å². The van der Waals surface area contributed by atoms with Crippen molar-refractivity contribution in [2.24, 2.45) is 23.7 Å². The molecule has 4 heteroatoms. The van der Waals surface area contributed by atoms with Gasteiger partial charge in [0.25, 0.3) is 0 Å². The van der Waals surface area contributed by atoms with E-state index in [1.165, 1.54) is 32.1 Å². The Bertz CT molecular complexity index is 593. The summed E-state index contributed by atoms with van der Waals surface area (Å²) in [5, 5.41) is 0. The maximum atomic E-state index is 10.8. The Hall–Kier alpha value is -1.21. The minimum atomic E-state index is -1.22. The predicted octanol–water partition coefficient (Wildman–Crippen LogP) is 4.55. The third-order valence-corrected chi connectivity index (χ3v) is 6.13. The quantitative estimate of drug-likeness (QED) is 0.603. The van der Waals surface area contributed by atoms with Crippen molar-refractivity contribution in [3.63, 3.8) is 0 Å². The van der Waals surface area contributed by atoms with Crippen LogP contribution >= 0.6 is 8.69 Å². The molecule has 0 radical (unpaired) electrons. The van der Waals surface area contributed by atoms with E-state index in [2.05, 4.69) is 6.07 Å². The zero-order chi connectivity index (χ0) is 15.1. The van der Waals surface area contributed by atoms with Crippen LogP contribution in [0.1, 0.15) is 37.7 Å². The molecule has 22 heavy (non-hydrogen) atoms. The summed E-state index contributed by atoms with van der Waals surface area (Å²) >= 11 is 0. The second kappa shape index (κ2) is 5.77. The van der Waals surface area contributed by atoms with E-state index in [0.717, 1.165) is 23.2 Å². The van der Waals surface area contributed by atoms with Gasteiger partial charge in [0, 0.05) is 5.56 Å². The van der Waals surface area contributed by atoms with Crippen LogP contribution < -0.4 is 4.52 Å². The number of hydrogen-bond donors (Lipinski definition) is 0. The van der Waals surface area contributed by atoms with Gasteiger partial charge in [-0.15, -0.1) is 0 Å². The van der Waals surface area contributed by atoms with Crippen LogP contribution in [0.2, 0.25) is 0 Å². The van der Waals surface area contributed by atoms with Gasteiger partial charge in [-0.05, 0) is 73.5 Å². The van der Waals surface area contributed by atoms with Crippen LogP contribution in [0.4, 0.5) is 0 Å². The van der Waals surface area contributed by atoms with Gasteiger partial charge in [0.2, 0.25) is 8.69 Å². The van der Waals surface area contributed by atoms with Gasteiger partial charge < -0.3 is 9.26 Å². The lowest BCUT2D eigenvalue weighted by Gasteiger charge is -2.51. The summed E-state index contributed by atoms with van der Waals surface area (Å²) in [7, 11) is 0.554. The Morgan fingerprint density at radius 3 is 2.36 bits per heavy atom. The van der Waals surface area contributed by atoms with Gasteiger partial charge in [-0.3, -0.25) is 4.57 Å². The van der Waals surface area contributed by atoms with E-state index < -0.39 is 8.69 Å². The summed E-state index contributed by atoms with van der Waals surface area (Å²) in [6, 6.07) is 7.84. The molecular formula is C18H23O3P. The van der Waals surface area contributed by atoms with Crippen LogP contribution in [0.15, 0.2) is 29.8 Å². The Kier molecular flexibility index (Phi) is 3.78. The fraction of sp³-hybridized carbons (Fsp3) is 0.556. The Labute approximate surface area is 133 Å². The van der Waals surface area contributed by atoms with Crippen molar-refractivity contribution in [3.05, 3.63) is 35.4 Å². The third-order valence-electron chi connectivity index (χ3n) is 5.76. The van der Waals surface area contributed by atoms with Gasteiger partial charge >= 0.3 is 0 Å². The first-order chi connectivity index (χ1) is 10.8. The monoisotopic (exact) mass is 318 g/mol. The second-order valence-electron chi connectivity index (χ2n) is 7.03. The lowest BCUT2D eigenvalue weighted by Crippen LogP contribution is -2.40. The molecule has 1 aromatic rings. The lowest BCUT2D eigenvalue weighted by atomic mass is 9.54. The predicted molar refractivity (Wildman–Crippen MR) is 88.4 cm³/mol. The number of hydrogen-bond acceptors (Lipinski definition) is 3. The van der Waals surface area contributed by atoms with E-state index in [1.54, 1.807) is 12.7 Å². The number of methoxy groups -OCH3 is 1. The van der Waals surface area contributed by atoms with E-state index in [4.69, 9.17) is 9.26 Å². The number of allylic oxidation sites excluding steroid dienone is 1. The normalized spacial score (nSPS) is 32.7. The van der Waals surface area contributed by atoms with E-state index in [1.807, 2.05) is 18.2 Å². The molecule has 0 heterocycles. The third kappa shape index (κ3) is 2.40. The topological polar surface area (TPSA) is 35.5 Å². The average molecular weight is 318 g/mol. The van der Waals surface area contributed by atoms with Crippen LogP contribution in [-0.2, 0) is 9.30 Å². The second-order valence-corrected chi connectivity index (χ2v) is 7.46. The summed E-state index contributed by atoms with van der Waals surface area (Å²) in [5.74, 6) is 5.02. The minimum absolute atomic E-state index is 0.668. The van der Waals surface area contributed by atoms with Crippen LogP contribution in [0, 0.1) is 23.7 Å². The van der Waals surface area contributed by atoms with E-state index in [9.17, 15) is 4.57 Å². The number of benzene rings is 1. The van der Waals surface area contributed by atoms with Crippen LogP contribution in [0.25, 0.3) is 5.76 Å². The highest BCUT2D eigenvalue weighted by Crippen LogP contribution is 2.57. The fourth-order valence-corrected chi connectivity index (χ4v) is 5.49. The van der Waals surface area contributed by atoms with Gasteiger partial charge in [-0.25, -0.2) is 0 Å². The molecule has 4 saturated carbocycles. The number of ether oxygens (including phenoxy) is 1. The fourth-order valence-electron chi connectivity index (χ4n) is 5.23. The molecule has 4 fully saturated rings. The van der Waals surface area contributed by atoms with Crippen LogP contribution in [0.3, 0.4) is 0 Å². The van der Waals surface area contributed by atoms with E-state index in [-0.39, 0.29) is 0 Å². The molecule has 1 atom stereocenters. The van der Waals surface area contributed by atoms with Crippen LogP contribution in [0.5, 0.6) is 5.75 Å². The molecule has 118 valence electrons. The Morgan fingerprint density at radius 1 is 1.09 bits per heavy atom. The van der Waals surface area contributed by atoms with Crippen molar-refractivity contribution >= 4 is 14.4 Å². The zero-order valence-corrected chi connectivity index (χ0v) is 14.1. The first kappa shape index (κ1) is 14.4. The van der Waals surface area contributed by atoms with Gasteiger partial charge in [0.15, 0.2) is 0 Å². The smallest absolute Gasteiger partial charge is 0.225 e. The Balaban J connectivity index is 1.74. The van der Waals surface area contributed by atoms with Gasteiger partial charge in [0.05, 0.1) is 7.11 Å². The summed E-state index contributed by atoms with van der Waals surface area (Å²) in [6.45, 7) is 0. The highest BCUT2D eigenvalue weighted by atomic mass is 31.1. The van der Waals surface area contributed by atoms with Crippen molar-refractivity contribution in [2.45, 2.75) is 32.1 Å². The molecule has 3 nitrogen and oxygen atoms in total. The van der Waals surface area contributed by atoms with Crippen LogP contribution in [-0.4, -0.2) is 7.11 Å². The lowest BCUT2D eigenvalue weighted by molar-refractivity contribution is 0.0675. The molecule has 1 aromatic carbocycles. The first-order valence-electron chi connectivity index (χ1n) is 8.27. The Morgan fingerprint density at radius 2 is 1.77 bits per heavy atom. The SMILES string of the molecule is COC(=C1C2CC3CC(C2)CC1C3)c1cccc(O[PH2]=O)c1. The molecule has 4 aliphatic rings. The van der Waals surface area contributed by atoms with Crippen molar-refractivity contribution in [2.75, 3.05) is 7.11 Å². The maximum Gasteiger partial charge on any atom is 0.225 e. The molecule has 4 aliphatic carbocycles. The molecule has 0 aliphatic heterocycles. The average Bonchev–Trinajstić information content (AvgIpc) is 2.51. The number of rotatable bonds is 4. The summed E-state index contributed by atoms with van der Waals surface area (Å²) < 4.78 is 21.8.